The van der Waals surface area contributed by atoms with E-state index in [0.717, 1.165) is 0 Å². The number of nitrogens with one attached hydrogen (secondary N) is 2. The fourth-order valence-corrected chi connectivity index (χ4v) is 1.70. The van der Waals surface area contributed by atoms with Gasteiger partial charge in [0.1, 0.15) is 11.9 Å². The summed E-state index contributed by atoms with van der Waals surface area (Å²) in [5.74, 6) is 0.575. The molecule has 0 aliphatic heterocycles. The summed E-state index contributed by atoms with van der Waals surface area (Å²) in [5.41, 5.74) is 0.602. The van der Waals surface area contributed by atoms with Crippen molar-refractivity contribution in [3.63, 3.8) is 0 Å². The van der Waals surface area contributed by atoms with E-state index < -0.39 is 9.96 Å². The Kier molecular flexibility index (Phi) is 6.05. The van der Waals surface area contributed by atoms with Gasteiger partial charge in [0, 0.05) is 14.1 Å². The molecule has 5 nitrogen and oxygen atoms in total. The maximum Gasteiger partial charge on any atom is 0.318 e. The van der Waals surface area contributed by atoms with Gasteiger partial charge < -0.3 is 20.3 Å². The number of carbonyl (C=O) groups excluding carboxylic acids is 1. The Balaban J connectivity index is 2.93. The molecule has 0 bridgehead atoms. The van der Waals surface area contributed by atoms with Crippen molar-refractivity contribution in [2.24, 2.45) is 0 Å². The van der Waals surface area contributed by atoms with Gasteiger partial charge in [-0.15, -0.1) is 0 Å². The molecule has 1 rings (SSSR count). The van der Waals surface area contributed by atoms with Crippen molar-refractivity contribution in [1.82, 2.24) is 10.2 Å². The maximum atomic E-state index is 11.7. The van der Waals surface area contributed by atoms with Gasteiger partial charge in [-0.25, -0.2) is 4.79 Å². The lowest BCUT2D eigenvalue weighted by atomic mass is 10.3. The van der Waals surface area contributed by atoms with Crippen LogP contribution >= 0.6 is 34.8 Å². The first-order chi connectivity index (χ1) is 9.25. The van der Waals surface area contributed by atoms with Crippen LogP contribution in [0.1, 0.15) is 0 Å². The fraction of sp³-hybridized carbons (Fsp3) is 0.417. The van der Waals surface area contributed by atoms with E-state index in [1.54, 1.807) is 32.3 Å². The van der Waals surface area contributed by atoms with Crippen LogP contribution in [0.2, 0.25) is 0 Å². The van der Waals surface area contributed by atoms with E-state index in [0.29, 0.717) is 11.4 Å². The van der Waals surface area contributed by atoms with Gasteiger partial charge in [0.05, 0.1) is 12.8 Å². The number of rotatable bonds is 4. The summed E-state index contributed by atoms with van der Waals surface area (Å²) in [6.45, 7) is 0. The number of hydrogen-bond donors (Lipinski definition) is 2. The van der Waals surface area contributed by atoms with Crippen LogP contribution in [0.4, 0.5) is 10.5 Å². The molecular weight excluding hydrogens is 325 g/mol. The average molecular weight is 341 g/mol. The molecule has 1 aromatic carbocycles. The Morgan fingerprint density at radius 2 is 1.90 bits per heavy atom. The maximum absolute atomic E-state index is 11.7. The van der Waals surface area contributed by atoms with Crippen LogP contribution in [0, 0.1) is 0 Å². The first-order valence-electron chi connectivity index (χ1n) is 5.69. The van der Waals surface area contributed by atoms with Crippen molar-refractivity contribution in [3.8, 4) is 5.75 Å². The topological polar surface area (TPSA) is 53.6 Å². The molecule has 0 aliphatic carbocycles. The van der Waals surface area contributed by atoms with Crippen molar-refractivity contribution in [2.75, 3.05) is 26.5 Å². The van der Waals surface area contributed by atoms with E-state index >= 15 is 0 Å². The second-order valence-corrected chi connectivity index (χ2v) is 6.53. The SMILES string of the molecule is COc1ccccc1NC(NC(=O)N(C)C)C(Cl)(Cl)Cl. The molecule has 0 saturated carbocycles. The second-order valence-electron chi connectivity index (χ2n) is 4.16. The smallest absolute Gasteiger partial charge is 0.318 e. The molecule has 0 fully saturated rings. The van der Waals surface area contributed by atoms with Gasteiger partial charge in [-0.3, -0.25) is 0 Å². The molecule has 0 aliphatic rings. The number of alkyl halides is 3. The number of ether oxygens (including phenoxy) is 1. The predicted molar refractivity (Wildman–Crippen MR) is 82.9 cm³/mol. The monoisotopic (exact) mass is 339 g/mol. The molecule has 0 heterocycles. The second kappa shape index (κ2) is 7.11. The first kappa shape index (κ1) is 17.0. The van der Waals surface area contributed by atoms with Gasteiger partial charge in [-0.05, 0) is 12.1 Å². The number of urea groups is 1. The Labute approximate surface area is 133 Å². The lowest BCUT2D eigenvalue weighted by Gasteiger charge is -2.29. The largest absolute Gasteiger partial charge is 0.495 e. The van der Waals surface area contributed by atoms with Gasteiger partial charge in [0.25, 0.3) is 0 Å². The van der Waals surface area contributed by atoms with Crippen LogP contribution in [0.15, 0.2) is 24.3 Å². The molecule has 2 amide bonds. The van der Waals surface area contributed by atoms with Gasteiger partial charge >= 0.3 is 6.03 Å². The van der Waals surface area contributed by atoms with Crippen molar-refractivity contribution >= 4 is 46.5 Å². The molecular formula is C12H16Cl3N3O2. The van der Waals surface area contributed by atoms with Crippen LogP contribution in [0.25, 0.3) is 0 Å². The zero-order chi connectivity index (χ0) is 15.3. The van der Waals surface area contributed by atoms with Crippen molar-refractivity contribution in [2.45, 2.75) is 9.96 Å². The molecule has 2 N–H and O–H groups in total. The summed E-state index contributed by atoms with van der Waals surface area (Å²) < 4.78 is 3.47. The average Bonchev–Trinajstić information content (AvgIpc) is 2.37. The van der Waals surface area contributed by atoms with E-state index in [-0.39, 0.29) is 6.03 Å². The summed E-state index contributed by atoms with van der Waals surface area (Å²) in [7, 11) is 4.71. The Hall–Kier alpha value is -1.04. The standard InChI is InChI=1S/C12H16Cl3N3O2/c1-18(2)11(19)17-10(12(13,14)15)16-8-6-4-5-7-9(8)20-3/h4-7,10,16H,1-3H3,(H,17,19). The molecule has 1 atom stereocenters. The van der Waals surface area contributed by atoms with E-state index in [2.05, 4.69) is 10.6 Å². The van der Waals surface area contributed by atoms with E-state index in [9.17, 15) is 4.79 Å². The Morgan fingerprint density at radius 3 is 2.40 bits per heavy atom. The van der Waals surface area contributed by atoms with Gasteiger partial charge in [0.2, 0.25) is 3.79 Å². The third-order valence-electron chi connectivity index (χ3n) is 2.41. The highest BCUT2D eigenvalue weighted by molar-refractivity contribution is 6.68. The minimum Gasteiger partial charge on any atom is -0.495 e. The number of nitrogens with zero attached hydrogens (tertiary/aromatic N) is 1. The Morgan fingerprint density at radius 1 is 1.30 bits per heavy atom. The van der Waals surface area contributed by atoms with Crippen LogP contribution < -0.4 is 15.4 Å². The fourth-order valence-electron chi connectivity index (χ4n) is 1.37. The number of methoxy groups -OCH3 is 1. The zero-order valence-corrected chi connectivity index (χ0v) is 13.6. The summed E-state index contributed by atoms with van der Waals surface area (Å²) in [5, 5.41) is 5.53. The van der Waals surface area contributed by atoms with Gasteiger partial charge in [0.15, 0.2) is 0 Å². The van der Waals surface area contributed by atoms with Gasteiger partial charge in [-0.1, -0.05) is 46.9 Å². The third kappa shape index (κ3) is 4.81. The molecule has 0 saturated heterocycles. The molecule has 20 heavy (non-hydrogen) atoms. The van der Waals surface area contributed by atoms with Crippen LogP contribution in [-0.2, 0) is 0 Å². The quantitative estimate of drug-likeness (QED) is 0.654. The zero-order valence-electron chi connectivity index (χ0n) is 11.3. The van der Waals surface area contributed by atoms with Crippen LogP contribution in [0.5, 0.6) is 5.75 Å². The highest BCUT2D eigenvalue weighted by atomic mass is 35.6. The molecule has 8 heteroatoms. The first-order valence-corrected chi connectivity index (χ1v) is 6.83. The summed E-state index contributed by atoms with van der Waals surface area (Å²) in [4.78, 5) is 13.1. The third-order valence-corrected chi connectivity index (χ3v) is 3.06. The number of amides is 2. The molecule has 0 spiro atoms. The highest BCUT2D eigenvalue weighted by Crippen LogP contribution is 2.33. The summed E-state index contributed by atoms with van der Waals surface area (Å²) >= 11 is 17.7. The minimum atomic E-state index is -1.73. The number of halogens is 3. The number of hydrogen-bond acceptors (Lipinski definition) is 3. The lowest BCUT2D eigenvalue weighted by Crippen LogP contribution is -2.52. The van der Waals surface area contributed by atoms with E-state index in [1.807, 2.05) is 6.07 Å². The van der Waals surface area contributed by atoms with Crippen LogP contribution in [0.3, 0.4) is 0 Å². The summed E-state index contributed by atoms with van der Waals surface area (Å²) in [6, 6.07) is 6.74. The minimum absolute atomic E-state index is 0.385. The van der Waals surface area contributed by atoms with E-state index in [4.69, 9.17) is 39.5 Å². The molecule has 112 valence electrons. The van der Waals surface area contributed by atoms with Gasteiger partial charge in [-0.2, -0.15) is 0 Å². The number of carbonyl (C=O) groups is 1. The Bertz CT molecular complexity index is 464. The van der Waals surface area contributed by atoms with Crippen molar-refractivity contribution < 1.29 is 9.53 Å². The molecule has 1 unspecified atom stereocenters. The number of para-hydroxylation sites is 2. The van der Waals surface area contributed by atoms with Crippen molar-refractivity contribution in [1.29, 1.82) is 0 Å². The highest BCUT2D eigenvalue weighted by Gasteiger charge is 2.34. The van der Waals surface area contributed by atoms with Crippen molar-refractivity contribution in [3.05, 3.63) is 24.3 Å². The lowest BCUT2D eigenvalue weighted by molar-refractivity contribution is 0.214. The normalized spacial score (nSPS) is 12.5. The number of benzene rings is 1. The molecule has 0 aromatic heterocycles. The molecule has 1 aromatic rings. The number of anilines is 1. The summed E-state index contributed by atoms with van der Waals surface area (Å²) in [6.07, 6.45) is -0.918. The van der Waals surface area contributed by atoms with E-state index in [1.165, 1.54) is 12.0 Å². The molecule has 0 radical (unpaired) electrons. The predicted octanol–water partition coefficient (Wildman–Crippen LogP) is 3.07. The van der Waals surface area contributed by atoms with Crippen LogP contribution in [-0.4, -0.2) is 42.1 Å².